The number of aliphatic imine (C=N–C) groups is 1. The van der Waals surface area contributed by atoms with Crippen LogP contribution in [0.2, 0.25) is 0 Å². The molecule has 3 rings (SSSR count). The molecule has 3 heterocycles. The van der Waals surface area contributed by atoms with Gasteiger partial charge in [-0.15, -0.1) is 11.3 Å². The highest BCUT2D eigenvalue weighted by molar-refractivity contribution is 7.11. The van der Waals surface area contributed by atoms with Gasteiger partial charge in [-0.3, -0.25) is 4.99 Å². The van der Waals surface area contributed by atoms with E-state index in [2.05, 4.69) is 30.7 Å². The van der Waals surface area contributed by atoms with Crippen LogP contribution in [-0.4, -0.2) is 45.9 Å². The fourth-order valence-electron chi connectivity index (χ4n) is 2.96. The molecule has 0 radical (unpaired) electrons. The van der Waals surface area contributed by atoms with Crippen molar-refractivity contribution < 1.29 is 4.74 Å². The van der Waals surface area contributed by atoms with Crippen LogP contribution in [0.3, 0.4) is 0 Å². The second-order valence-corrected chi connectivity index (χ2v) is 7.39. The Labute approximate surface area is 151 Å². The van der Waals surface area contributed by atoms with Crippen molar-refractivity contribution in [2.45, 2.75) is 52.4 Å². The van der Waals surface area contributed by atoms with E-state index in [0.717, 1.165) is 54.2 Å². The van der Waals surface area contributed by atoms with E-state index in [1.165, 1.54) is 4.88 Å². The lowest BCUT2D eigenvalue weighted by Gasteiger charge is -2.25. The van der Waals surface area contributed by atoms with E-state index >= 15 is 0 Å². The fraction of sp³-hybridized carbons (Fsp3) is 0.625. The van der Waals surface area contributed by atoms with Gasteiger partial charge in [-0.1, -0.05) is 0 Å². The summed E-state index contributed by atoms with van der Waals surface area (Å²) in [5.74, 6) is 2.58. The van der Waals surface area contributed by atoms with Gasteiger partial charge in [-0.2, -0.15) is 5.10 Å². The monoisotopic (exact) mass is 363 g/mol. The van der Waals surface area contributed by atoms with Gasteiger partial charge in [0, 0.05) is 31.5 Å². The standard InChI is InChI=1S/C16H25N7OS/c1-10-13(25-11(2)19-10)7-18-16(17-3)20-12-5-6-15-21-14(9-24-4)22-23(15)8-12/h12H,5-9H2,1-4H3,(H2,17,18,20). The van der Waals surface area contributed by atoms with Crippen molar-refractivity contribution in [2.75, 3.05) is 14.2 Å². The largest absolute Gasteiger partial charge is 0.377 e. The molecule has 2 aromatic rings. The molecular formula is C16H25N7OS. The average Bonchev–Trinajstić information content (AvgIpc) is 3.13. The molecule has 25 heavy (non-hydrogen) atoms. The number of aromatic nitrogens is 4. The van der Waals surface area contributed by atoms with Gasteiger partial charge in [-0.05, 0) is 20.3 Å². The van der Waals surface area contributed by atoms with Gasteiger partial charge in [0.05, 0.1) is 23.8 Å². The number of hydrogen-bond donors (Lipinski definition) is 2. The van der Waals surface area contributed by atoms with Gasteiger partial charge >= 0.3 is 0 Å². The first-order valence-electron chi connectivity index (χ1n) is 8.40. The third-order valence-corrected chi connectivity index (χ3v) is 5.23. The Morgan fingerprint density at radius 1 is 1.40 bits per heavy atom. The van der Waals surface area contributed by atoms with Crippen LogP contribution in [0.1, 0.15) is 33.6 Å². The Hall–Kier alpha value is -2.00. The molecular weight excluding hydrogens is 338 g/mol. The highest BCUT2D eigenvalue weighted by Crippen LogP contribution is 2.17. The van der Waals surface area contributed by atoms with E-state index in [1.807, 2.05) is 18.5 Å². The van der Waals surface area contributed by atoms with Gasteiger partial charge in [0.15, 0.2) is 11.8 Å². The fourth-order valence-corrected chi connectivity index (χ4v) is 3.84. The Bertz CT molecular complexity index is 752. The number of thiazole rings is 1. The van der Waals surface area contributed by atoms with Crippen molar-refractivity contribution in [1.29, 1.82) is 0 Å². The minimum atomic E-state index is 0.278. The number of aryl methyl sites for hydroxylation is 3. The van der Waals surface area contributed by atoms with Gasteiger partial charge in [-0.25, -0.2) is 14.6 Å². The van der Waals surface area contributed by atoms with E-state index in [9.17, 15) is 0 Å². The molecule has 0 aliphatic carbocycles. The number of fused-ring (bicyclic) bond motifs is 1. The summed E-state index contributed by atoms with van der Waals surface area (Å²) in [5, 5.41) is 12.5. The van der Waals surface area contributed by atoms with Crippen molar-refractivity contribution >= 4 is 17.3 Å². The molecule has 0 fully saturated rings. The number of nitrogens with zero attached hydrogens (tertiary/aromatic N) is 5. The van der Waals surface area contributed by atoms with Crippen LogP contribution in [0.15, 0.2) is 4.99 Å². The molecule has 0 aromatic carbocycles. The Morgan fingerprint density at radius 3 is 2.92 bits per heavy atom. The lowest BCUT2D eigenvalue weighted by Crippen LogP contribution is -2.46. The molecule has 136 valence electrons. The molecule has 2 N–H and O–H groups in total. The minimum Gasteiger partial charge on any atom is -0.377 e. The topological polar surface area (TPSA) is 89.2 Å². The molecule has 0 spiro atoms. The molecule has 0 bridgehead atoms. The highest BCUT2D eigenvalue weighted by Gasteiger charge is 2.22. The predicted molar refractivity (Wildman–Crippen MR) is 97.8 cm³/mol. The van der Waals surface area contributed by atoms with E-state index in [4.69, 9.17) is 4.74 Å². The van der Waals surface area contributed by atoms with E-state index < -0.39 is 0 Å². The van der Waals surface area contributed by atoms with Crippen LogP contribution in [0.4, 0.5) is 0 Å². The first kappa shape index (κ1) is 17.8. The Kier molecular flexibility index (Phi) is 5.64. The lowest BCUT2D eigenvalue weighted by molar-refractivity contribution is 0.177. The van der Waals surface area contributed by atoms with Crippen molar-refractivity contribution in [1.82, 2.24) is 30.4 Å². The summed E-state index contributed by atoms with van der Waals surface area (Å²) in [6, 6.07) is 0.278. The molecule has 0 saturated heterocycles. The molecule has 1 unspecified atom stereocenters. The molecule has 1 aliphatic heterocycles. The summed E-state index contributed by atoms with van der Waals surface area (Å²) in [5.41, 5.74) is 1.08. The number of hydrogen-bond acceptors (Lipinski definition) is 6. The number of guanidine groups is 1. The summed E-state index contributed by atoms with van der Waals surface area (Å²) in [6.45, 7) is 6.04. The highest BCUT2D eigenvalue weighted by atomic mass is 32.1. The Morgan fingerprint density at radius 2 is 2.24 bits per heavy atom. The third kappa shape index (κ3) is 4.35. The van der Waals surface area contributed by atoms with Gasteiger partial charge < -0.3 is 15.4 Å². The maximum Gasteiger partial charge on any atom is 0.191 e. The molecule has 1 aliphatic rings. The summed E-state index contributed by atoms with van der Waals surface area (Å²) in [7, 11) is 3.45. The van der Waals surface area contributed by atoms with E-state index in [0.29, 0.717) is 6.61 Å². The molecule has 8 nitrogen and oxygen atoms in total. The maximum atomic E-state index is 5.11. The predicted octanol–water partition coefficient (Wildman–Crippen LogP) is 1.18. The van der Waals surface area contributed by atoms with Gasteiger partial charge in [0.2, 0.25) is 0 Å². The van der Waals surface area contributed by atoms with Crippen LogP contribution in [0.25, 0.3) is 0 Å². The molecule has 2 aromatic heterocycles. The van der Waals surface area contributed by atoms with Gasteiger partial charge in [0.25, 0.3) is 0 Å². The first-order chi connectivity index (χ1) is 12.1. The lowest BCUT2D eigenvalue weighted by atomic mass is 10.1. The zero-order valence-electron chi connectivity index (χ0n) is 15.2. The summed E-state index contributed by atoms with van der Waals surface area (Å²) >= 11 is 1.72. The van der Waals surface area contributed by atoms with Crippen LogP contribution >= 0.6 is 11.3 Å². The van der Waals surface area contributed by atoms with E-state index in [-0.39, 0.29) is 6.04 Å². The molecule has 9 heteroatoms. The smallest absolute Gasteiger partial charge is 0.191 e. The van der Waals surface area contributed by atoms with E-state index in [1.54, 1.807) is 25.5 Å². The summed E-state index contributed by atoms with van der Waals surface area (Å²) in [6.07, 6.45) is 1.91. The SMILES string of the molecule is CN=C(NCc1sc(C)nc1C)NC1CCc2nc(COC)nn2C1. The van der Waals surface area contributed by atoms with Crippen LogP contribution in [-0.2, 0) is 30.9 Å². The second-order valence-electron chi connectivity index (χ2n) is 6.11. The average molecular weight is 363 g/mol. The van der Waals surface area contributed by atoms with Crippen molar-refractivity contribution in [3.05, 3.63) is 27.2 Å². The second kappa shape index (κ2) is 7.92. The van der Waals surface area contributed by atoms with Gasteiger partial charge in [0.1, 0.15) is 12.4 Å². The number of nitrogens with one attached hydrogen (secondary N) is 2. The van der Waals surface area contributed by atoms with Crippen LogP contribution < -0.4 is 10.6 Å². The minimum absolute atomic E-state index is 0.278. The van der Waals surface area contributed by atoms with Crippen molar-refractivity contribution in [2.24, 2.45) is 4.99 Å². The van der Waals surface area contributed by atoms with Crippen LogP contribution in [0, 0.1) is 13.8 Å². The first-order valence-corrected chi connectivity index (χ1v) is 9.22. The quantitative estimate of drug-likeness (QED) is 0.612. The number of ether oxygens (including phenoxy) is 1. The normalized spacial score (nSPS) is 17.4. The van der Waals surface area contributed by atoms with Crippen molar-refractivity contribution in [3.63, 3.8) is 0 Å². The zero-order valence-corrected chi connectivity index (χ0v) is 16.0. The third-order valence-electron chi connectivity index (χ3n) is 4.16. The zero-order chi connectivity index (χ0) is 17.8. The van der Waals surface area contributed by atoms with Crippen molar-refractivity contribution in [3.8, 4) is 0 Å². The Balaban J connectivity index is 1.56. The summed E-state index contributed by atoms with van der Waals surface area (Å²) in [4.78, 5) is 14.6. The summed E-state index contributed by atoms with van der Waals surface area (Å²) < 4.78 is 7.08. The molecule has 1 atom stereocenters. The van der Waals surface area contributed by atoms with Crippen LogP contribution in [0.5, 0.6) is 0 Å². The molecule has 0 amide bonds. The molecule has 0 saturated carbocycles. The number of rotatable bonds is 5. The maximum absolute atomic E-state index is 5.11. The number of methoxy groups -OCH3 is 1.